The van der Waals surface area contributed by atoms with Crippen molar-refractivity contribution in [2.24, 2.45) is 21.8 Å². The van der Waals surface area contributed by atoms with Gasteiger partial charge in [-0.2, -0.15) is 0 Å². The molecule has 41 heavy (non-hydrogen) atoms. The number of ether oxygens (including phenoxy) is 4. The van der Waals surface area contributed by atoms with Gasteiger partial charge in [0.15, 0.2) is 28.8 Å². The van der Waals surface area contributed by atoms with Crippen molar-refractivity contribution in [3.63, 3.8) is 0 Å². The van der Waals surface area contributed by atoms with E-state index in [1.54, 1.807) is 49.6 Å². The van der Waals surface area contributed by atoms with E-state index in [2.05, 4.69) is 23.1 Å². The van der Waals surface area contributed by atoms with Gasteiger partial charge >= 0.3 is 0 Å². The number of carbonyl (C=O) groups is 2. The van der Waals surface area contributed by atoms with E-state index >= 15 is 0 Å². The van der Waals surface area contributed by atoms with Crippen LogP contribution in [0.1, 0.15) is 46.4 Å². The lowest BCUT2D eigenvalue weighted by Crippen LogP contribution is -2.35. The number of hydrogen-bond acceptors (Lipinski definition) is 8. The molecule has 2 aromatic rings. The zero-order valence-electron chi connectivity index (χ0n) is 23.4. The number of nitrogens with zero attached hydrogens (tertiary/aromatic N) is 3. The van der Waals surface area contributed by atoms with E-state index in [0.717, 1.165) is 24.0 Å². The first-order chi connectivity index (χ1) is 19.9. The van der Waals surface area contributed by atoms with Crippen molar-refractivity contribution in [1.29, 1.82) is 0 Å². The first kappa shape index (κ1) is 26.8. The van der Waals surface area contributed by atoms with Gasteiger partial charge in [-0.3, -0.25) is 19.6 Å². The standard InChI is InChI=1S/C32H33N3O6/c1-18-8-20-15-33-25-13-29(27(38-3)11-23(25)31(36)22(20)10-18)40-6-5-7-41-30-14-26-24(12-28(30)39-4)32(37)35-17-19(2)9-21(35)16-34-26/h11-16,20-22H,1-2,5-10,17H2,3-4H3/t20-,21?,22?/m0/s1. The zero-order chi connectivity index (χ0) is 28.7. The maximum atomic E-state index is 13.2. The summed E-state index contributed by atoms with van der Waals surface area (Å²) in [7, 11) is 3.10. The monoisotopic (exact) mass is 555 g/mol. The molecule has 9 heteroatoms. The fourth-order valence-corrected chi connectivity index (χ4v) is 5.99. The zero-order valence-corrected chi connectivity index (χ0v) is 23.4. The molecule has 1 saturated carbocycles. The lowest BCUT2D eigenvalue weighted by atomic mass is 9.89. The van der Waals surface area contributed by atoms with Crippen LogP contribution in [0.5, 0.6) is 23.0 Å². The minimum absolute atomic E-state index is 0.0750. The van der Waals surface area contributed by atoms with Crippen LogP contribution in [0, 0.1) is 11.8 Å². The summed E-state index contributed by atoms with van der Waals surface area (Å²) in [5, 5.41) is 0. The molecule has 3 aliphatic heterocycles. The van der Waals surface area contributed by atoms with Gasteiger partial charge in [0.2, 0.25) is 0 Å². The summed E-state index contributed by atoms with van der Waals surface area (Å²) in [6.45, 7) is 9.32. The Morgan fingerprint density at radius 2 is 1.44 bits per heavy atom. The summed E-state index contributed by atoms with van der Waals surface area (Å²) in [5.74, 6) is 1.93. The van der Waals surface area contributed by atoms with E-state index in [1.165, 1.54) is 0 Å². The molecule has 0 aromatic heterocycles. The van der Waals surface area contributed by atoms with Crippen LogP contribution in [0.3, 0.4) is 0 Å². The van der Waals surface area contributed by atoms with E-state index in [4.69, 9.17) is 18.9 Å². The summed E-state index contributed by atoms with van der Waals surface area (Å²) in [6, 6.07) is 6.85. The average molecular weight is 556 g/mol. The molecular weight excluding hydrogens is 522 g/mol. The van der Waals surface area contributed by atoms with Gasteiger partial charge in [0.25, 0.3) is 5.91 Å². The molecule has 2 fully saturated rings. The third kappa shape index (κ3) is 5.01. The molecule has 2 aromatic carbocycles. The van der Waals surface area contributed by atoms with Crippen molar-refractivity contribution in [3.8, 4) is 23.0 Å². The number of hydrogen-bond donors (Lipinski definition) is 0. The van der Waals surface area contributed by atoms with Crippen LogP contribution >= 0.6 is 0 Å². The molecule has 212 valence electrons. The van der Waals surface area contributed by atoms with Crippen molar-refractivity contribution in [2.75, 3.05) is 34.0 Å². The summed E-state index contributed by atoms with van der Waals surface area (Å²) in [6.07, 6.45) is 6.46. The van der Waals surface area contributed by atoms with Crippen LogP contribution in [0.2, 0.25) is 0 Å². The largest absolute Gasteiger partial charge is 0.493 e. The fourth-order valence-electron chi connectivity index (χ4n) is 5.99. The molecular formula is C32H33N3O6. The third-order valence-electron chi connectivity index (χ3n) is 8.09. The first-order valence-corrected chi connectivity index (χ1v) is 13.8. The number of methoxy groups -OCH3 is 2. The van der Waals surface area contributed by atoms with Crippen LogP contribution in [0.25, 0.3) is 0 Å². The molecule has 1 saturated heterocycles. The van der Waals surface area contributed by atoms with Crippen molar-refractivity contribution in [1.82, 2.24) is 4.90 Å². The summed E-state index contributed by atoms with van der Waals surface area (Å²) in [5.41, 5.74) is 4.30. The van der Waals surface area contributed by atoms with E-state index in [1.807, 2.05) is 6.21 Å². The molecule has 9 nitrogen and oxygen atoms in total. The minimum atomic E-state index is -0.118. The number of amides is 1. The Morgan fingerprint density at radius 3 is 2.12 bits per heavy atom. The van der Waals surface area contributed by atoms with E-state index in [9.17, 15) is 9.59 Å². The third-order valence-corrected chi connectivity index (χ3v) is 8.09. The number of Topliss-reactive ketones (excluding diaryl/α,β-unsaturated/α-hetero) is 1. The highest BCUT2D eigenvalue weighted by atomic mass is 16.5. The molecule has 3 atom stereocenters. The van der Waals surface area contributed by atoms with E-state index < -0.39 is 0 Å². The van der Waals surface area contributed by atoms with Gasteiger partial charge in [0.05, 0.1) is 50.4 Å². The quantitative estimate of drug-likeness (QED) is 0.314. The maximum absolute atomic E-state index is 13.2. The van der Waals surface area contributed by atoms with Gasteiger partial charge < -0.3 is 23.8 Å². The Hall–Kier alpha value is -4.40. The van der Waals surface area contributed by atoms with E-state index in [0.29, 0.717) is 78.1 Å². The molecule has 0 spiro atoms. The predicted molar refractivity (Wildman–Crippen MR) is 156 cm³/mol. The number of rotatable bonds is 8. The topological polar surface area (TPSA) is 99.0 Å². The van der Waals surface area contributed by atoms with Gasteiger partial charge in [0.1, 0.15) is 0 Å². The van der Waals surface area contributed by atoms with Crippen LogP contribution in [-0.4, -0.2) is 69.0 Å². The average Bonchev–Trinajstić information content (AvgIpc) is 3.48. The van der Waals surface area contributed by atoms with Gasteiger partial charge in [0, 0.05) is 54.9 Å². The smallest absolute Gasteiger partial charge is 0.257 e. The normalized spacial score (nSPS) is 22.5. The highest BCUT2D eigenvalue weighted by Crippen LogP contribution is 2.44. The summed E-state index contributed by atoms with van der Waals surface area (Å²) in [4.78, 5) is 37.4. The Kier molecular flexibility index (Phi) is 7.11. The van der Waals surface area contributed by atoms with Crippen molar-refractivity contribution in [3.05, 3.63) is 59.7 Å². The number of allylic oxidation sites excluding steroid dienone is 1. The van der Waals surface area contributed by atoms with Crippen molar-refractivity contribution < 1.29 is 28.5 Å². The Balaban J connectivity index is 1.11. The molecule has 0 radical (unpaired) electrons. The molecule has 0 bridgehead atoms. The SMILES string of the molecule is C=C1CC2C(=O)c3cc(OC)c(OCCCOc4cc5c(cc4OC)C(=O)N4CC(=C)CC4C=N5)cc3N=C[C@@H]2C1. The van der Waals surface area contributed by atoms with Crippen LogP contribution in [0.4, 0.5) is 11.4 Å². The number of carbonyl (C=O) groups excluding carboxylic acids is 2. The van der Waals surface area contributed by atoms with Gasteiger partial charge in [-0.25, -0.2) is 0 Å². The fraction of sp³-hybridized carbons (Fsp3) is 0.375. The molecule has 6 rings (SSSR count). The highest BCUT2D eigenvalue weighted by molar-refractivity contribution is 6.06. The van der Waals surface area contributed by atoms with E-state index in [-0.39, 0.29) is 29.6 Å². The second kappa shape index (κ2) is 10.9. The van der Waals surface area contributed by atoms with Crippen molar-refractivity contribution in [2.45, 2.75) is 31.7 Å². The molecule has 4 aliphatic rings. The van der Waals surface area contributed by atoms with Crippen LogP contribution in [-0.2, 0) is 0 Å². The summed E-state index contributed by atoms with van der Waals surface area (Å²) >= 11 is 0. The molecule has 2 unspecified atom stereocenters. The maximum Gasteiger partial charge on any atom is 0.257 e. The Bertz CT molecular complexity index is 1400. The lowest BCUT2D eigenvalue weighted by molar-refractivity contribution is 0.0777. The van der Waals surface area contributed by atoms with Gasteiger partial charge in [-0.15, -0.1) is 0 Å². The van der Waals surface area contributed by atoms with Crippen LogP contribution in [0.15, 0.2) is 58.6 Å². The van der Waals surface area contributed by atoms with Crippen molar-refractivity contribution >= 4 is 35.5 Å². The Morgan fingerprint density at radius 1 is 0.805 bits per heavy atom. The molecule has 1 aliphatic carbocycles. The summed E-state index contributed by atoms with van der Waals surface area (Å²) < 4.78 is 23.1. The first-order valence-electron chi connectivity index (χ1n) is 13.8. The molecule has 0 N–H and O–H groups in total. The number of ketones is 1. The number of fused-ring (bicyclic) bond motifs is 4. The van der Waals surface area contributed by atoms with Gasteiger partial charge in [-0.1, -0.05) is 24.3 Å². The second-order valence-corrected chi connectivity index (χ2v) is 10.9. The van der Waals surface area contributed by atoms with Gasteiger partial charge in [-0.05, 0) is 31.4 Å². The minimum Gasteiger partial charge on any atom is -0.493 e. The number of aliphatic imine (C=N–C) groups is 2. The molecule has 1 amide bonds. The molecule has 3 heterocycles. The predicted octanol–water partition coefficient (Wildman–Crippen LogP) is 5.52. The number of benzene rings is 2. The lowest BCUT2D eigenvalue weighted by Gasteiger charge is -2.20. The highest BCUT2D eigenvalue weighted by Gasteiger charge is 2.38. The van der Waals surface area contributed by atoms with Crippen LogP contribution < -0.4 is 18.9 Å². The second-order valence-electron chi connectivity index (χ2n) is 10.9. The Labute approximate surface area is 239 Å².